The molecule has 0 spiro atoms. The molecule has 108 valence electrons. The standard InChI is InChI=1S/C17H24N2S/c1-4-13-12-18-10-9-16(13)17(19-6-3)11-15-8-7-14(5-2)20-15/h7-10,12,17,19H,4-6,11H2,1-3H3. The average molecular weight is 288 g/mol. The second-order valence-electron chi connectivity index (χ2n) is 4.96. The first-order valence-corrected chi connectivity index (χ1v) is 8.33. The van der Waals surface area contributed by atoms with Crippen LogP contribution in [-0.4, -0.2) is 11.5 Å². The Bertz CT molecular complexity index is 533. The monoisotopic (exact) mass is 288 g/mol. The molecule has 0 fully saturated rings. The van der Waals surface area contributed by atoms with Gasteiger partial charge in [-0.2, -0.15) is 0 Å². The van der Waals surface area contributed by atoms with E-state index in [4.69, 9.17) is 0 Å². The van der Waals surface area contributed by atoms with Crippen LogP contribution in [0.2, 0.25) is 0 Å². The summed E-state index contributed by atoms with van der Waals surface area (Å²) in [6, 6.07) is 7.10. The lowest BCUT2D eigenvalue weighted by Crippen LogP contribution is -2.23. The van der Waals surface area contributed by atoms with Crippen molar-refractivity contribution in [1.29, 1.82) is 0 Å². The maximum absolute atomic E-state index is 4.26. The Labute approximate surface area is 126 Å². The van der Waals surface area contributed by atoms with Gasteiger partial charge in [-0.25, -0.2) is 0 Å². The van der Waals surface area contributed by atoms with E-state index in [2.05, 4.69) is 49.3 Å². The molecule has 2 aromatic heterocycles. The van der Waals surface area contributed by atoms with E-state index in [-0.39, 0.29) is 0 Å². The minimum atomic E-state index is 0.390. The topological polar surface area (TPSA) is 24.9 Å². The Morgan fingerprint density at radius 1 is 1.10 bits per heavy atom. The molecule has 0 radical (unpaired) electrons. The van der Waals surface area contributed by atoms with Crippen LogP contribution in [0.15, 0.2) is 30.6 Å². The molecule has 3 heteroatoms. The fourth-order valence-corrected chi connectivity index (χ4v) is 3.54. The van der Waals surface area contributed by atoms with Crippen LogP contribution < -0.4 is 5.32 Å². The molecular formula is C17H24N2S. The van der Waals surface area contributed by atoms with Gasteiger partial charge < -0.3 is 5.32 Å². The second-order valence-corrected chi connectivity index (χ2v) is 6.22. The van der Waals surface area contributed by atoms with Gasteiger partial charge in [-0.15, -0.1) is 11.3 Å². The molecule has 2 heterocycles. The molecular weight excluding hydrogens is 264 g/mol. The van der Waals surface area contributed by atoms with Crippen LogP contribution in [0.5, 0.6) is 0 Å². The van der Waals surface area contributed by atoms with Crippen molar-refractivity contribution >= 4 is 11.3 Å². The molecule has 0 bridgehead atoms. The number of aryl methyl sites for hydroxylation is 2. The SMILES string of the molecule is CCNC(Cc1ccc(CC)s1)c1ccncc1CC. The lowest BCUT2D eigenvalue weighted by atomic mass is 9.98. The van der Waals surface area contributed by atoms with Crippen LogP contribution in [0.4, 0.5) is 0 Å². The fourth-order valence-electron chi connectivity index (χ4n) is 2.53. The van der Waals surface area contributed by atoms with Crippen molar-refractivity contribution in [3.8, 4) is 0 Å². The number of pyridine rings is 1. The van der Waals surface area contributed by atoms with Crippen molar-refractivity contribution in [1.82, 2.24) is 10.3 Å². The predicted molar refractivity (Wildman–Crippen MR) is 87.4 cm³/mol. The van der Waals surface area contributed by atoms with E-state index in [0.717, 1.165) is 25.8 Å². The highest BCUT2D eigenvalue weighted by molar-refractivity contribution is 7.11. The normalized spacial score (nSPS) is 12.6. The van der Waals surface area contributed by atoms with Crippen molar-refractivity contribution < 1.29 is 0 Å². The molecule has 2 nitrogen and oxygen atoms in total. The Hall–Kier alpha value is -1.19. The van der Waals surface area contributed by atoms with Gasteiger partial charge in [-0.3, -0.25) is 4.98 Å². The van der Waals surface area contributed by atoms with Gasteiger partial charge in [0.05, 0.1) is 0 Å². The smallest absolute Gasteiger partial charge is 0.0372 e. The molecule has 0 aliphatic heterocycles. The van der Waals surface area contributed by atoms with E-state index in [1.165, 1.54) is 20.9 Å². The van der Waals surface area contributed by atoms with Gasteiger partial charge in [0.1, 0.15) is 0 Å². The van der Waals surface area contributed by atoms with E-state index >= 15 is 0 Å². The number of hydrogen-bond acceptors (Lipinski definition) is 3. The van der Waals surface area contributed by atoms with E-state index < -0.39 is 0 Å². The Kier molecular flexibility index (Phi) is 5.74. The zero-order chi connectivity index (χ0) is 14.4. The third-order valence-electron chi connectivity index (χ3n) is 3.62. The lowest BCUT2D eigenvalue weighted by Gasteiger charge is -2.20. The zero-order valence-corrected chi connectivity index (χ0v) is 13.5. The highest BCUT2D eigenvalue weighted by Crippen LogP contribution is 2.26. The van der Waals surface area contributed by atoms with Crippen LogP contribution in [0.25, 0.3) is 0 Å². The van der Waals surface area contributed by atoms with Crippen LogP contribution in [0.1, 0.15) is 47.7 Å². The molecule has 0 aromatic carbocycles. The fraction of sp³-hybridized carbons (Fsp3) is 0.471. The maximum atomic E-state index is 4.26. The summed E-state index contributed by atoms with van der Waals surface area (Å²) in [7, 11) is 0. The minimum Gasteiger partial charge on any atom is -0.310 e. The Morgan fingerprint density at radius 3 is 2.55 bits per heavy atom. The van der Waals surface area contributed by atoms with Crippen molar-refractivity contribution in [3.05, 3.63) is 51.5 Å². The minimum absolute atomic E-state index is 0.390. The number of likely N-dealkylation sites (N-methyl/N-ethyl adjacent to an activating group) is 1. The quantitative estimate of drug-likeness (QED) is 0.827. The number of thiophene rings is 1. The van der Waals surface area contributed by atoms with Crippen LogP contribution in [-0.2, 0) is 19.3 Å². The molecule has 1 atom stereocenters. The first-order valence-electron chi connectivity index (χ1n) is 7.52. The summed E-state index contributed by atoms with van der Waals surface area (Å²) >= 11 is 1.94. The van der Waals surface area contributed by atoms with Gasteiger partial charge in [0.25, 0.3) is 0 Å². The third kappa shape index (κ3) is 3.68. The molecule has 0 saturated carbocycles. The van der Waals surface area contributed by atoms with Crippen LogP contribution in [0.3, 0.4) is 0 Å². The van der Waals surface area contributed by atoms with Gasteiger partial charge in [0, 0.05) is 34.6 Å². The first kappa shape index (κ1) is 15.2. The van der Waals surface area contributed by atoms with Gasteiger partial charge in [0.15, 0.2) is 0 Å². The zero-order valence-electron chi connectivity index (χ0n) is 12.6. The molecule has 0 aliphatic carbocycles. The molecule has 2 aromatic rings. The molecule has 0 aliphatic rings. The number of hydrogen-bond donors (Lipinski definition) is 1. The molecule has 20 heavy (non-hydrogen) atoms. The second kappa shape index (κ2) is 7.55. The van der Waals surface area contributed by atoms with Crippen molar-refractivity contribution in [3.63, 3.8) is 0 Å². The van der Waals surface area contributed by atoms with E-state index in [9.17, 15) is 0 Å². The van der Waals surface area contributed by atoms with E-state index in [1.54, 1.807) is 0 Å². The number of nitrogens with zero attached hydrogens (tertiary/aromatic N) is 1. The summed E-state index contributed by atoms with van der Waals surface area (Å²) in [4.78, 5) is 7.20. The lowest BCUT2D eigenvalue weighted by molar-refractivity contribution is 0.548. The summed E-state index contributed by atoms with van der Waals surface area (Å²) in [6.07, 6.45) is 7.15. The summed E-state index contributed by atoms with van der Waals surface area (Å²) in [5, 5.41) is 3.63. The summed E-state index contributed by atoms with van der Waals surface area (Å²) in [6.45, 7) is 7.58. The molecule has 0 amide bonds. The van der Waals surface area contributed by atoms with Gasteiger partial charge in [-0.1, -0.05) is 20.8 Å². The Balaban J connectivity index is 2.21. The molecule has 1 N–H and O–H groups in total. The number of nitrogens with one attached hydrogen (secondary N) is 1. The maximum Gasteiger partial charge on any atom is 0.0372 e. The Morgan fingerprint density at radius 2 is 1.90 bits per heavy atom. The number of rotatable bonds is 7. The average Bonchev–Trinajstić information content (AvgIpc) is 2.94. The van der Waals surface area contributed by atoms with Gasteiger partial charge in [0.2, 0.25) is 0 Å². The summed E-state index contributed by atoms with van der Waals surface area (Å²) < 4.78 is 0. The van der Waals surface area contributed by atoms with E-state index in [0.29, 0.717) is 6.04 Å². The van der Waals surface area contributed by atoms with Crippen LogP contribution in [0, 0.1) is 0 Å². The predicted octanol–water partition coefficient (Wildman–Crippen LogP) is 4.16. The number of aromatic nitrogens is 1. The van der Waals surface area contributed by atoms with Crippen molar-refractivity contribution in [2.75, 3.05) is 6.54 Å². The third-order valence-corrected chi connectivity index (χ3v) is 4.87. The van der Waals surface area contributed by atoms with Crippen LogP contribution >= 0.6 is 11.3 Å². The molecule has 1 unspecified atom stereocenters. The van der Waals surface area contributed by atoms with E-state index in [1.807, 2.05) is 23.7 Å². The highest BCUT2D eigenvalue weighted by Gasteiger charge is 2.15. The summed E-state index contributed by atoms with van der Waals surface area (Å²) in [5.74, 6) is 0. The van der Waals surface area contributed by atoms with Crippen molar-refractivity contribution in [2.24, 2.45) is 0 Å². The van der Waals surface area contributed by atoms with Gasteiger partial charge >= 0.3 is 0 Å². The van der Waals surface area contributed by atoms with Gasteiger partial charge in [-0.05, 0) is 48.7 Å². The molecule has 2 rings (SSSR count). The largest absolute Gasteiger partial charge is 0.310 e. The molecule has 0 saturated heterocycles. The first-order chi connectivity index (χ1) is 9.78. The van der Waals surface area contributed by atoms with Crippen molar-refractivity contribution in [2.45, 2.75) is 46.1 Å². The highest BCUT2D eigenvalue weighted by atomic mass is 32.1. The summed E-state index contributed by atoms with van der Waals surface area (Å²) in [5.41, 5.74) is 2.75.